The van der Waals surface area contributed by atoms with E-state index in [4.69, 9.17) is 22.2 Å². The molecule has 0 bridgehead atoms. The lowest BCUT2D eigenvalue weighted by Gasteiger charge is -2.13. The lowest BCUT2D eigenvalue weighted by atomic mass is 10.1. The van der Waals surface area contributed by atoms with Crippen LogP contribution in [-0.4, -0.2) is 13.7 Å². The maximum absolute atomic E-state index is 13.3. The van der Waals surface area contributed by atoms with E-state index in [-0.39, 0.29) is 11.6 Å². The summed E-state index contributed by atoms with van der Waals surface area (Å²) in [6.45, 7) is 2.02. The maximum Gasteiger partial charge on any atom is 0.142 e. The molecule has 0 saturated carbocycles. The van der Waals surface area contributed by atoms with Gasteiger partial charge in [0.1, 0.15) is 11.6 Å². The number of rotatable bonds is 4. The van der Waals surface area contributed by atoms with E-state index in [2.05, 4.69) is 4.84 Å². The highest BCUT2D eigenvalue weighted by atomic mass is 35.5. The monoisotopic (exact) mass is 233 g/mol. The highest BCUT2D eigenvalue weighted by molar-refractivity contribution is 6.31. The van der Waals surface area contributed by atoms with E-state index in [9.17, 15) is 4.39 Å². The number of aryl methyl sites for hydroxylation is 1. The molecule has 15 heavy (non-hydrogen) atoms. The molecule has 0 spiro atoms. The first kappa shape index (κ1) is 12.2. The molecule has 84 valence electrons. The summed E-state index contributed by atoms with van der Waals surface area (Å²) in [4.78, 5) is 4.44. The smallest absolute Gasteiger partial charge is 0.142 e. The molecule has 0 unspecified atom stereocenters. The Labute approximate surface area is 92.9 Å². The van der Waals surface area contributed by atoms with Gasteiger partial charge < -0.3 is 9.57 Å². The largest absolute Gasteiger partial charge is 0.496 e. The molecule has 0 aromatic heterocycles. The van der Waals surface area contributed by atoms with Crippen molar-refractivity contribution in [1.29, 1.82) is 0 Å². The van der Waals surface area contributed by atoms with E-state index < -0.39 is 5.82 Å². The molecule has 2 N–H and O–H groups in total. The van der Waals surface area contributed by atoms with Gasteiger partial charge >= 0.3 is 0 Å². The molecular weight excluding hydrogens is 221 g/mol. The molecule has 1 aromatic rings. The topological polar surface area (TPSA) is 44.5 Å². The van der Waals surface area contributed by atoms with Crippen LogP contribution in [0.3, 0.4) is 0 Å². The SMILES string of the molecule is COc1c(C)cc(F)c(Cl)c1CCON. The van der Waals surface area contributed by atoms with Gasteiger partial charge in [-0.2, -0.15) is 0 Å². The van der Waals surface area contributed by atoms with E-state index in [0.29, 0.717) is 23.3 Å². The molecular formula is C10H13ClFNO2. The Balaban J connectivity index is 3.18. The van der Waals surface area contributed by atoms with Crippen LogP contribution in [0, 0.1) is 12.7 Å². The van der Waals surface area contributed by atoms with Crippen LogP contribution in [0.4, 0.5) is 4.39 Å². The van der Waals surface area contributed by atoms with Gasteiger partial charge in [-0.3, -0.25) is 0 Å². The van der Waals surface area contributed by atoms with Crippen LogP contribution in [0.25, 0.3) is 0 Å². The Morgan fingerprint density at radius 2 is 2.20 bits per heavy atom. The molecule has 1 rings (SSSR count). The van der Waals surface area contributed by atoms with Crippen molar-refractivity contribution in [2.24, 2.45) is 5.90 Å². The van der Waals surface area contributed by atoms with Gasteiger partial charge in [0.05, 0.1) is 18.7 Å². The van der Waals surface area contributed by atoms with Crippen molar-refractivity contribution in [3.63, 3.8) is 0 Å². The van der Waals surface area contributed by atoms with Crippen molar-refractivity contribution in [1.82, 2.24) is 0 Å². The summed E-state index contributed by atoms with van der Waals surface area (Å²) in [6.07, 6.45) is 0.414. The number of hydrogen-bond acceptors (Lipinski definition) is 3. The Hall–Kier alpha value is -0.840. The van der Waals surface area contributed by atoms with Gasteiger partial charge in [-0.25, -0.2) is 10.3 Å². The lowest BCUT2D eigenvalue weighted by Crippen LogP contribution is -2.06. The molecule has 3 nitrogen and oxygen atoms in total. The first-order valence-electron chi connectivity index (χ1n) is 4.45. The van der Waals surface area contributed by atoms with Crippen molar-refractivity contribution >= 4 is 11.6 Å². The third-order valence-electron chi connectivity index (χ3n) is 2.12. The van der Waals surface area contributed by atoms with Crippen molar-refractivity contribution < 1.29 is 14.0 Å². The van der Waals surface area contributed by atoms with Crippen LogP contribution in [0.15, 0.2) is 6.07 Å². The minimum Gasteiger partial charge on any atom is -0.496 e. The number of halogens is 2. The standard InChI is InChI=1S/C10H13ClFNO2/c1-6-5-8(12)9(11)7(3-4-15-13)10(6)14-2/h5H,3-4,13H2,1-2H3. The quantitative estimate of drug-likeness (QED) is 0.812. The predicted molar refractivity (Wildman–Crippen MR) is 56.5 cm³/mol. The number of hydrogen-bond donors (Lipinski definition) is 1. The normalized spacial score (nSPS) is 10.5. The summed E-state index contributed by atoms with van der Waals surface area (Å²) in [5.41, 5.74) is 1.29. The molecule has 5 heteroatoms. The van der Waals surface area contributed by atoms with Crippen molar-refractivity contribution in [2.75, 3.05) is 13.7 Å². The second-order valence-electron chi connectivity index (χ2n) is 3.12. The van der Waals surface area contributed by atoms with Gasteiger partial charge in [-0.15, -0.1) is 0 Å². The molecule has 0 fully saturated rings. The Kier molecular flexibility index (Phi) is 4.32. The van der Waals surface area contributed by atoms with E-state index in [1.807, 2.05) is 0 Å². The van der Waals surface area contributed by atoms with E-state index in [1.54, 1.807) is 6.92 Å². The van der Waals surface area contributed by atoms with Crippen molar-refractivity contribution in [2.45, 2.75) is 13.3 Å². The zero-order valence-corrected chi connectivity index (χ0v) is 9.40. The third-order valence-corrected chi connectivity index (χ3v) is 2.53. The Morgan fingerprint density at radius 1 is 1.53 bits per heavy atom. The van der Waals surface area contributed by atoms with Crippen LogP contribution in [0.5, 0.6) is 5.75 Å². The molecule has 0 amide bonds. The van der Waals surface area contributed by atoms with Crippen LogP contribution >= 0.6 is 11.6 Å². The van der Waals surface area contributed by atoms with Gasteiger partial charge in [0.15, 0.2) is 0 Å². The van der Waals surface area contributed by atoms with E-state index >= 15 is 0 Å². The number of nitrogens with two attached hydrogens (primary N) is 1. The average Bonchev–Trinajstić information content (AvgIpc) is 2.21. The number of ether oxygens (including phenoxy) is 1. The minimum absolute atomic E-state index is 0.0644. The van der Waals surface area contributed by atoms with Crippen LogP contribution in [0.2, 0.25) is 5.02 Å². The van der Waals surface area contributed by atoms with Gasteiger partial charge in [0.2, 0.25) is 0 Å². The fraction of sp³-hybridized carbons (Fsp3) is 0.400. The van der Waals surface area contributed by atoms with Gasteiger partial charge in [-0.05, 0) is 18.6 Å². The van der Waals surface area contributed by atoms with E-state index in [0.717, 1.165) is 0 Å². The molecule has 1 aromatic carbocycles. The highest BCUT2D eigenvalue weighted by Gasteiger charge is 2.15. The number of methoxy groups -OCH3 is 1. The molecule has 0 heterocycles. The first-order chi connectivity index (χ1) is 7.11. The molecule has 0 atom stereocenters. The second kappa shape index (κ2) is 5.30. The first-order valence-corrected chi connectivity index (χ1v) is 4.82. The second-order valence-corrected chi connectivity index (χ2v) is 3.50. The van der Waals surface area contributed by atoms with Crippen LogP contribution in [-0.2, 0) is 11.3 Å². The van der Waals surface area contributed by atoms with Gasteiger partial charge in [0, 0.05) is 12.0 Å². The zero-order chi connectivity index (χ0) is 11.4. The van der Waals surface area contributed by atoms with Crippen LogP contribution < -0.4 is 10.6 Å². The summed E-state index contributed by atoms with van der Waals surface area (Å²) in [6, 6.07) is 1.34. The fourth-order valence-electron chi connectivity index (χ4n) is 1.47. The Bertz CT molecular complexity index is 358. The highest BCUT2D eigenvalue weighted by Crippen LogP contribution is 2.32. The molecule has 0 radical (unpaired) electrons. The minimum atomic E-state index is -0.456. The predicted octanol–water partition coefficient (Wildman–Crippen LogP) is 2.23. The zero-order valence-electron chi connectivity index (χ0n) is 8.64. The maximum atomic E-state index is 13.3. The summed E-state index contributed by atoms with van der Waals surface area (Å²) < 4.78 is 18.5. The van der Waals surface area contributed by atoms with E-state index in [1.165, 1.54) is 13.2 Å². The summed E-state index contributed by atoms with van der Waals surface area (Å²) in [5, 5.41) is 0.0644. The van der Waals surface area contributed by atoms with Crippen molar-refractivity contribution in [3.8, 4) is 5.75 Å². The summed E-state index contributed by atoms with van der Waals surface area (Å²) in [5.74, 6) is 5.04. The third kappa shape index (κ3) is 2.59. The molecule has 0 aliphatic rings. The molecule has 0 aliphatic heterocycles. The van der Waals surface area contributed by atoms with Crippen LogP contribution in [0.1, 0.15) is 11.1 Å². The van der Waals surface area contributed by atoms with Crippen molar-refractivity contribution in [3.05, 3.63) is 28.0 Å². The number of benzene rings is 1. The Morgan fingerprint density at radius 3 is 2.73 bits per heavy atom. The molecule has 0 aliphatic carbocycles. The summed E-state index contributed by atoms with van der Waals surface area (Å²) >= 11 is 5.83. The van der Waals surface area contributed by atoms with Gasteiger partial charge in [0.25, 0.3) is 0 Å². The molecule has 0 saturated heterocycles. The fourth-order valence-corrected chi connectivity index (χ4v) is 1.70. The summed E-state index contributed by atoms with van der Waals surface area (Å²) in [7, 11) is 1.52. The lowest BCUT2D eigenvalue weighted by molar-refractivity contribution is 0.140. The average molecular weight is 234 g/mol. The van der Waals surface area contributed by atoms with Gasteiger partial charge in [-0.1, -0.05) is 11.6 Å².